The summed E-state index contributed by atoms with van der Waals surface area (Å²) in [6.07, 6.45) is 7.48. The van der Waals surface area contributed by atoms with Gasteiger partial charge in [-0.2, -0.15) is 0 Å². The monoisotopic (exact) mass is 387 g/mol. The maximum absolute atomic E-state index is 10.2. The highest BCUT2D eigenvalue weighted by Gasteiger charge is 2.08. The number of phenols is 1. The van der Waals surface area contributed by atoms with E-state index in [1.54, 1.807) is 25.3 Å². The van der Waals surface area contributed by atoms with Crippen molar-refractivity contribution in [2.75, 3.05) is 7.11 Å². The smallest absolute Gasteiger partial charge is 0.160 e. The number of methoxy groups -OCH3 is 1. The molecule has 0 heterocycles. The molecule has 0 aromatic heterocycles. The minimum Gasteiger partial charge on any atom is -0.507 e. The second-order valence-electron chi connectivity index (χ2n) is 6.00. The van der Waals surface area contributed by atoms with Crippen LogP contribution in [0.25, 0.3) is 0 Å². The first-order chi connectivity index (χ1) is 14.1. The number of aromatic hydroxyl groups is 1. The molecule has 0 radical (unpaired) electrons. The second kappa shape index (κ2) is 11.2. The predicted octanol–water partition coefficient (Wildman–Crippen LogP) is 5.14. The zero-order valence-electron chi connectivity index (χ0n) is 16.7. The summed E-state index contributed by atoms with van der Waals surface area (Å²) in [6.45, 7) is 9.79. The van der Waals surface area contributed by atoms with Crippen molar-refractivity contribution in [1.29, 1.82) is 0 Å². The van der Waals surface area contributed by atoms with Gasteiger partial charge >= 0.3 is 0 Å². The summed E-state index contributed by atoms with van der Waals surface area (Å²) in [7, 11) is 1.55. The van der Waals surface area contributed by atoms with Gasteiger partial charge in [-0.1, -0.05) is 61.2 Å². The highest BCUT2D eigenvalue weighted by atomic mass is 16.5. The molecule has 1 N–H and O–H groups in total. The first-order valence-electron chi connectivity index (χ1n) is 9.08. The molecule has 0 saturated heterocycles. The number of ether oxygens (including phenoxy) is 1. The fraction of sp³-hybridized carbons (Fsp3) is 0.125. The highest BCUT2D eigenvalue weighted by Crippen LogP contribution is 2.24. The molecule has 0 bridgehead atoms. The fourth-order valence-electron chi connectivity index (χ4n) is 2.41. The molecule has 0 atom stereocenters. The molecule has 29 heavy (non-hydrogen) atoms. The third-order valence-corrected chi connectivity index (χ3v) is 3.97. The molecule has 0 saturated carbocycles. The van der Waals surface area contributed by atoms with Crippen LogP contribution in [0.2, 0.25) is 0 Å². The number of hydrogen-bond acceptors (Lipinski definition) is 3. The molecule has 0 aliphatic heterocycles. The lowest BCUT2D eigenvalue weighted by atomic mass is 10.1. The zero-order chi connectivity index (χ0) is 21.1. The molecule has 2 aromatic carbocycles. The van der Waals surface area contributed by atoms with Gasteiger partial charge in [-0.25, -0.2) is 9.98 Å². The van der Waals surface area contributed by atoms with Crippen molar-refractivity contribution in [3.63, 3.8) is 0 Å². The Balaban J connectivity index is 2.40. The van der Waals surface area contributed by atoms with Crippen LogP contribution in [0.3, 0.4) is 0 Å². The van der Waals surface area contributed by atoms with Crippen molar-refractivity contribution in [3.8, 4) is 11.5 Å². The molecule has 0 aliphatic carbocycles. The molecule has 2 rings (SSSR count). The van der Waals surface area contributed by atoms with Gasteiger partial charge in [0.1, 0.15) is 11.5 Å². The summed E-state index contributed by atoms with van der Waals surface area (Å²) in [6, 6.07) is 14.7. The van der Waals surface area contributed by atoms with Crippen molar-refractivity contribution >= 4 is 18.4 Å². The van der Waals surface area contributed by atoms with Crippen LogP contribution in [-0.2, 0) is 6.54 Å². The maximum Gasteiger partial charge on any atom is 0.160 e. The van der Waals surface area contributed by atoms with Crippen LogP contribution in [0.4, 0.5) is 0 Å². The summed E-state index contributed by atoms with van der Waals surface area (Å²) in [5.41, 5.74) is 2.11. The number of phenolic OH excluding ortho intramolecular Hbond substituents is 1. The van der Waals surface area contributed by atoms with Gasteiger partial charge in [-0.3, -0.25) is 4.99 Å². The Morgan fingerprint density at radius 3 is 2.52 bits per heavy atom. The third kappa shape index (κ3) is 6.43. The van der Waals surface area contributed by atoms with E-state index in [2.05, 4.69) is 28.3 Å². The molecule has 5 nitrogen and oxygen atoms in total. The van der Waals surface area contributed by atoms with E-state index < -0.39 is 0 Å². The van der Waals surface area contributed by atoms with E-state index in [-0.39, 0.29) is 12.3 Å². The van der Waals surface area contributed by atoms with E-state index >= 15 is 0 Å². The van der Waals surface area contributed by atoms with Gasteiger partial charge in [-0.15, -0.1) is 0 Å². The SMILES string of the molecule is C=N/C(=N\C(=N/Cc1ccc(OC)cc1O)c1ccccc1)C(=C)/C=C\C=C/C. The van der Waals surface area contributed by atoms with Gasteiger partial charge < -0.3 is 9.84 Å². The molecule has 148 valence electrons. The highest BCUT2D eigenvalue weighted by molar-refractivity contribution is 6.13. The normalized spacial score (nSPS) is 12.5. The van der Waals surface area contributed by atoms with Crippen molar-refractivity contribution in [2.45, 2.75) is 13.5 Å². The lowest BCUT2D eigenvalue weighted by Gasteiger charge is -2.07. The Morgan fingerprint density at radius 2 is 1.90 bits per heavy atom. The molecular weight excluding hydrogens is 362 g/mol. The number of allylic oxidation sites excluding steroid dienone is 3. The largest absolute Gasteiger partial charge is 0.507 e. The van der Waals surface area contributed by atoms with Crippen LogP contribution < -0.4 is 4.74 Å². The number of amidine groups is 2. The number of aliphatic imine (C=N–C) groups is 3. The molecule has 0 spiro atoms. The van der Waals surface area contributed by atoms with Crippen LogP contribution in [0.1, 0.15) is 18.1 Å². The van der Waals surface area contributed by atoms with Gasteiger partial charge in [0.05, 0.1) is 13.7 Å². The van der Waals surface area contributed by atoms with Crippen LogP contribution in [0.5, 0.6) is 11.5 Å². The summed E-state index contributed by atoms with van der Waals surface area (Å²) in [4.78, 5) is 13.2. The standard InChI is InChI=1S/C24H25N3O2/c1-5-6-8-11-18(2)23(25-3)27-24(19-12-9-7-10-13-19)26-17-20-14-15-21(29-4)16-22(20)28/h5-16,28H,2-3,17H2,1,4H3/b6-5-,11-8-,26-24-,27-23-. The van der Waals surface area contributed by atoms with Gasteiger partial charge in [-0.05, 0) is 25.8 Å². The number of benzene rings is 2. The zero-order valence-corrected chi connectivity index (χ0v) is 16.7. The molecule has 0 unspecified atom stereocenters. The van der Waals surface area contributed by atoms with Gasteiger partial charge in [0.15, 0.2) is 11.7 Å². The van der Waals surface area contributed by atoms with Gasteiger partial charge in [0, 0.05) is 22.8 Å². The van der Waals surface area contributed by atoms with Crippen molar-refractivity contribution in [2.24, 2.45) is 15.0 Å². The lowest BCUT2D eigenvalue weighted by molar-refractivity contribution is 0.406. The maximum atomic E-state index is 10.2. The quantitative estimate of drug-likeness (QED) is 0.406. The summed E-state index contributed by atoms with van der Waals surface area (Å²) >= 11 is 0. The average molecular weight is 387 g/mol. The molecule has 0 aliphatic rings. The molecule has 5 heteroatoms. The molecule has 2 aromatic rings. The van der Waals surface area contributed by atoms with E-state index in [0.717, 1.165) is 5.56 Å². The van der Waals surface area contributed by atoms with Crippen LogP contribution in [0.15, 0.2) is 100.0 Å². The summed E-state index contributed by atoms with van der Waals surface area (Å²) < 4.78 is 5.12. The topological polar surface area (TPSA) is 66.5 Å². The Labute approximate surface area is 171 Å². The van der Waals surface area contributed by atoms with E-state index in [4.69, 9.17) is 4.74 Å². The van der Waals surface area contributed by atoms with Gasteiger partial charge in [0.25, 0.3) is 0 Å². The number of rotatable bonds is 7. The average Bonchev–Trinajstić information content (AvgIpc) is 2.75. The van der Waals surface area contributed by atoms with Crippen LogP contribution in [-0.4, -0.2) is 30.6 Å². The minimum absolute atomic E-state index is 0.116. The predicted molar refractivity (Wildman–Crippen MR) is 121 cm³/mol. The fourth-order valence-corrected chi connectivity index (χ4v) is 2.41. The molecule has 0 fully saturated rings. The van der Waals surface area contributed by atoms with Gasteiger partial charge in [0.2, 0.25) is 0 Å². The molecule has 0 amide bonds. The lowest BCUT2D eigenvalue weighted by Crippen LogP contribution is -2.05. The Morgan fingerprint density at radius 1 is 1.14 bits per heavy atom. The van der Waals surface area contributed by atoms with E-state index in [9.17, 15) is 5.11 Å². The van der Waals surface area contributed by atoms with Crippen LogP contribution in [0, 0.1) is 0 Å². The van der Waals surface area contributed by atoms with Crippen LogP contribution >= 0.6 is 0 Å². The minimum atomic E-state index is 0.116. The van der Waals surface area contributed by atoms with E-state index in [1.165, 1.54) is 0 Å². The Kier molecular flexibility index (Phi) is 8.32. The summed E-state index contributed by atoms with van der Waals surface area (Å²) in [5.74, 6) is 1.56. The van der Waals surface area contributed by atoms with Crippen molar-refractivity contribution in [3.05, 3.63) is 96.1 Å². The van der Waals surface area contributed by atoms with E-state index in [0.29, 0.717) is 28.6 Å². The first kappa shape index (κ1) is 21.6. The Hall–Kier alpha value is -3.73. The first-order valence-corrected chi connectivity index (χ1v) is 9.08. The Bertz CT molecular complexity index is 971. The summed E-state index contributed by atoms with van der Waals surface area (Å²) in [5, 5.41) is 10.2. The number of nitrogens with zero attached hydrogens (tertiary/aromatic N) is 3. The van der Waals surface area contributed by atoms with E-state index in [1.807, 2.05) is 61.6 Å². The molecular formula is C24H25N3O2. The third-order valence-electron chi connectivity index (χ3n) is 3.97. The van der Waals surface area contributed by atoms with Crippen molar-refractivity contribution in [1.82, 2.24) is 0 Å². The number of hydrogen-bond donors (Lipinski definition) is 1. The second-order valence-corrected chi connectivity index (χ2v) is 6.00. The van der Waals surface area contributed by atoms with Crippen molar-refractivity contribution < 1.29 is 9.84 Å².